The molecule has 0 unspecified atom stereocenters. The number of nitrogens with one attached hydrogen (secondary N) is 1. The third-order valence-electron chi connectivity index (χ3n) is 5.87. The first kappa shape index (κ1) is 18.1. The molecular weight excluding hydrogens is 340 g/mol. The van der Waals surface area contributed by atoms with E-state index in [4.69, 9.17) is 0 Å². The van der Waals surface area contributed by atoms with Gasteiger partial charge in [0.2, 0.25) is 5.82 Å². The van der Waals surface area contributed by atoms with Crippen LogP contribution in [-0.2, 0) is 19.5 Å². The number of piperidine rings is 1. The number of aryl methyl sites for hydroxylation is 1. The lowest BCUT2D eigenvalue weighted by Crippen LogP contribution is -2.45. The Balaban J connectivity index is 1.42. The number of carbonyl (C=O) groups is 1. The Labute approximate surface area is 160 Å². The lowest BCUT2D eigenvalue weighted by atomic mass is 9.73. The van der Waals surface area contributed by atoms with E-state index in [2.05, 4.69) is 36.0 Å². The van der Waals surface area contributed by atoms with E-state index >= 15 is 0 Å². The van der Waals surface area contributed by atoms with Crippen LogP contribution in [-0.4, -0.2) is 49.7 Å². The van der Waals surface area contributed by atoms with E-state index in [-0.39, 0.29) is 17.4 Å². The molecule has 0 atom stereocenters. The fraction of sp³-hybridized carbons (Fsp3) is 0.600. The molecule has 2 aliphatic heterocycles. The number of likely N-dealkylation sites (tertiary alicyclic amines) is 1. The molecule has 0 aliphatic carbocycles. The van der Waals surface area contributed by atoms with Gasteiger partial charge in [0.05, 0.1) is 0 Å². The Morgan fingerprint density at radius 1 is 1.26 bits per heavy atom. The van der Waals surface area contributed by atoms with Crippen molar-refractivity contribution in [3.63, 3.8) is 0 Å². The van der Waals surface area contributed by atoms with Gasteiger partial charge in [-0.05, 0) is 63.2 Å². The minimum absolute atomic E-state index is 0.0960. The number of rotatable bonds is 4. The molecule has 1 N–H and O–H groups in total. The topological polar surface area (TPSA) is 75.9 Å². The van der Waals surface area contributed by atoms with E-state index in [0.717, 1.165) is 57.7 Å². The zero-order valence-electron chi connectivity index (χ0n) is 16.2. The van der Waals surface area contributed by atoms with Crippen molar-refractivity contribution in [3.8, 4) is 0 Å². The van der Waals surface area contributed by atoms with Gasteiger partial charge >= 0.3 is 0 Å². The predicted octanol–water partition coefficient (Wildman–Crippen LogP) is 2.04. The summed E-state index contributed by atoms with van der Waals surface area (Å²) >= 11 is 0. The largest absolute Gasteiger partial charge is 0.347 e. The monoisotopic (exact) mass is 368 g/mol. The van der Waals surface area contributed by atoms with Crippen LogP contribution in [0.15, 0.2) is 24.5 Å². The molecule has 144 valence electrons. The third kappa shape index (κ3) is 3.88. The van der Waals surface area contributed by atoms with Crippen molar-refractivity contribution in [1.82, 2.24) is 30.0 Å². The van der Waals surface area contributed by atoms with E-state index in [1.54, 1.807) is 0 Å². The van der Waals surface area contributed by atoms with Gasteiger partial charge in [0.15, 0.2) is 0 Å². The van der Waals surface area contributed by atoms with Crippen LogP contribution in [0.1, 0.15) is 55.1 Å². The fourth-order valence-corrected chi connectivity index (χ4v) is 4.32. The summed E-state index contributed by atoms with van der Waals surface area (Å²) in [5, 5.41) is 11.4. The first-order valence-electron chi connectivity index (χ1n) is 9.89. The molecule has 4 rings (SSSR count). The van der Waals surface area contributed by atoms with Crippen LogP contribution in [0, 0.1) is 5.41 Å². The summed E-state index contributed by atoms with van der Waals surface area (Å²) in [6.45, 7) is 7.91. The van der Waals surface area contributed by atoms with Crippen molar-refractivity contribution in [2.45, 2.75) is 58.7 Å². The van der Waals surface area contributed by atoms with Gasteiger partial charge in [0, 0.05) is 37.9 Å². The summed E-state index contributed by atoms with van der Waals surface area (Å²) in [5.41, 5.74) is 1.53. The quantitative estimate of drug-likeness (QED) is 0.894. The third-order valence-corrected chi connectivity index (χ3v) is 5.87. The molecule has 2 aromatic heterocycles. The Morgan fingerprint density at radius 3 is 2.78 bits per heavy atom. The first-order chi connectivity index (χ1) is 13.0. The number of nitrogens with zero attached hydrogens (tertiary/aromatic N) is 5. The average Bonchev–Trinajstić information content (AvgIpc) is 3.07. The second kappa shape index (κ2) is 7.38. The lowest BCUT2D eigenvalue weighted by molar-refractivity contribution is 0.0617. The molecule has 0 saturated carbocycles. The number of amides is 1. The summed E-state index contributed by atoms with van der Waals surface area (Å²) in [6, 6.07) is 4.24. The second-order valence-electron chi connectivity index (χ2n) is 8.29. The van der Waals surface area contributed by atoms with Crippen molar-refractivity contribution in [2.75, 3.05) is 13.1 Å². The van der Waals surface area contributed by atoms with Gasteiger partial charge in [0.25, 0.3) is 5.91 Å². The maximum Gasteiger partial charge on any atom is 0.289 e. The molecule has 1 amide bonds. The summed E-state index contributed by atoms with van der Waals surface area (Å²) in [4.78, 5) is 19.2. The summed E-state index contributed by atoms with van der Waals surface area (Å²) in [7, 11) is 0. The normalized spacial score (nSPS) is 19.2. The molecule has 2 aliphatic rings. The van der Waals surface area contributed by atoms with Crippen LogP contribution in [0.2, 0.25) is 0 Å². The molecule has 7 heteroatoms. The maximum absolute atomic E-state index is 12.5. The Hall–Kier alpha value is -2.28. The Morgan fingerprint density at radius 2 is 2.07 bits per heavy atom. The zero-order chi connectivity index (χ0) is 18.9. The van der Waals surface area contributed by atoms with Crippen molar-refractivity contribution >= 4 is 5.91 Å². The van der Waals surface area contributed by atoms with Gasteiger partial charge in [-0.2, -0.15) is 0 Å². The molecular formula is C20H28N6O. The summed E-state index contributed by atoms with van der Waals surface area (Å²) in [5.74, 6) is 1.30. The molecule has 7 nitrogen and oxygen atoms in total. The second-order valence-corrected chi connectivity index (χ2v) is 8.29. The highest BCUT2D eigenvalue weighted by molar-refractivity contribution is 5.90. The lowest BCUT2D eigenvalue weighted by Gasteiger charge is -2.44. The average molecular weight is 368 g/mol. The number of carbonyl (C=O) groups excluding carboxylic acids is 1. The molecule has 27 heavy (non-hydrogen) atoms. The standard InChI is InChI=1S/C20H28N6O/c1-15(2)22-19(27)18-24-23-17-5-6-20(14-26(17)18)7-10-25(11-8-20)13-16-4-3-9-21-12-16/h3-4,9,12,15H,5-8,10-11,13-14H2,1-2H3,(H,22,27). The van der Waals surface area contributed by atoms with Gasteiger partial charge in [0.1, 0.15) is 5.82 Å². The highest BCUT2D eigenvalue weighted by Gasteiger charge is 2.39. The Bertz CT molecular complexity index is 792. The smallest absolute Gasteiger partial charge is 0.289 e. The molecule has 1 spiro atoms. The minimum Gasteiger partial charge on any atom is -0.347 e. The van der Waals surface area contributed by atoms with Gasteiger partial charge in [-0.1, -0.05) is 6.07 Å². The molecule has 1 saturated heterocycles. The number of hydrogen-bond acceptors (Lipinski definition) is 5. The zero-order valence-corrected chi connectivity index (χ0v) is 16.2. The minimum atomic E-state index is -0.116. The van der Waals surface area contributed by atoms with E-state index in [1.807, 2.05) is 32.3 Å². The highest BCUT2D eigenvalue weighted by atomic mass is 16.2. The van der Waals surface area contributed by atoms with Crippen LogP contribution >= 0.6 is 0 Å². The number of aromatic nitrogens is 4. The van der Waals surface area contributed by atoms with Gasteiger partial charge in [-0.25, -0.2) is 0 Å². The van der Waals surface area contributed by atoms with Crippen LogP contribution in [0.4, 0.5) is 0 Å². The van der Waals surface area contributed by atoms with Crippen molar-refractivity contribution in [2.24, 2.45) is 5.41 Å². The molecule has 4 heterocycles. The molecule has 1 fully saturated rings. The van der Waals surface area contributed by atoms with Gasteiger partial charge in [-0.15, -0.1) is 10.2 Å². The highest BCUT2D eigenvalue weighted by Crippen LogP contribution is 2.41. The summed E-state index contributed by atoms with van der Waals surface area (Å²) < 4.78 is 2.07. The van der Waals surface area contributed by atoms with Crippen molar-refractivity contribution in [1.29, 1.82) is 0 Å². The van der Waals surface area contributed by atoms with Crippen LogP contribution in [0.25, 0.3) is 0 Å². The first-order valence-corrected chi connectivity index (χ1v) is 9.89. The number of hydrogen-bond donors (Lipinski definition) is 1. The molecule has 0 aromatic carbocycles. The van der Waals surface area contributed by atoms with Crippen molar-refractivity contribution in [3.05, 3.63) is 41.7 Å². The molecule has 0 bridgehead atoms. The van der Waals surface area contributed by atoms with Crippen LogP contribution in [0.3, 0.4) is 0 Å². The summed E-state index contributed by atoms with van der Waals surface area (Å²) in [6.07, 6.45) is 8.11. The molecule has 2 aromatic rings. The van der Waals surface area contributed by atoms with Crippen LogP contribution in [0.5, 0.6) is 0 Å². The maximum atomic E-state index is 12.5. The number of pyridine rings is 1. The van der Waals surface area contributed by atoms with E-state index < -0.39 is 0 Å². The van der Waals surface area contributed by atoms with E-state index in [9.17, 15) is 4.79 Å². The van der Waals surface area contributed by atoms with Crippen molar-refractivity contribution < 1.29 is 4.79 Å². The number of fused-ring (bicyclic) bond motifs is 1. The SMILES string of the molecule is CC(C)NC(=O)c1nnc2n1CC1(CC2)CCN(Cc2cccnc2)CC1. The fourth-order valence-electron chi connectivity index (χ4n) is 4.32. The van der Waals surface area contributed by atoms with E-state index in [0.29, 0.717) is 5.82 Å². The van der Waals surface area contributed by atoms with Crippen LogP contribution < -0.4 is 5.32 Å². The predicted molar refractivity (Wildman–Crippen MR) is 102 cm³/mol. The van der Waals surface area contributed by atoms with Gasteiger partial charge in [-0.3, -0.25) is 14.7 Å². The Kier molecular flexibility index (Phi) is 4.95. The molecule has 0 radical (unpaired) electrons. The van der Waals surface area contributed by atoms with E-state index in [1.165, 1.54) is 5.56 Å². The van der Waals surface area contributed by atoms with Gasteiger partial charge < -0.3 is 9.88 Å².